The summed E-state index contributed by atoms with van der Waals surface area (Å²) in [5.74, 6) is -1.04. The van der Waals surface area contributed by atoms with Crippen LogP contribution in [0.5, 0.6) is 0 Å². The van der Waals surface area contributed by atoms with Crippen molar-refractivity contribution in [3.63, 3.8) is 0 Å². The molecule has 0 fully saturated rings. The number of hydrogen-bond donors (Lipinski definition) is 1. The zero-order valence-electron chi connectivity index (χ0n) is 12.7. The van der Waals surface area contributed by atoms with Crippen LogP contribution < -0.4 is 0 Å². The van der Waals surface area contributed by atoms with Crippen LogP contribution in [0.2, 0.25) is 0 Å². The van der Waals surface area contributed by atoms with Crippen molar-refractivity contribution in [2.45, 2.75) is 0 Å². The molecule has 0 aliphatic heterocycles. The monoisotopic (exact) mass is 306 g/mol. The molecule has 4 rings (SSSR count). The third-order valence-corrected chi connectivity index (χ3v) is 4.06. The van der Waals surface area contributed by atoms with E-state index in [0.29, 0.717) is 11.4 Å². The highest BCUT2D eigenvalue weighted by Crippen LogP contribution is 2.34. The molecule has 4 aromatic rings. The highest BCUT2D eigenvalue weighted by atomic mass is 16.4. The minimum Gasteiger partial charge on any atom is -0.477 e. The van der Waals surface area contributed by atoms with Gasteiger partial charge >= 0.3 is 5.97 Å². The van der Waals surface area contributed by atoms with E-state index in [-0.39, 0.29) is 5.69 Å². The molecule has 23 heavy (non-hydrogen) atoms. The van der Waals surface area contributed by atoms with Gasteiger partial charge in [0.25, 0.3) is 0 Å². The zero-order chi connectivity index (χ0) is 16.1. The van der Waals surface area contributed by atoms with Gasteiger partial charge in [0.15, 0.2) is 0 Å². The summed E-state index contributed by atoms with van der Waals surface area (Å²) in [6.45, 7) is 0. The topological polar surface area (TPSA) is 72.9 Å². The molecule has 114 valence electrons. The van der Waals surface area contributed by atoms with E-state index >= 15 is 0 Å². The fraction of sp³-hybridized carbons (Fsp3) is 0.118. The van der Waals surface area contributed by atoms with Gasteiger partial charge in [0.2, 0.25) is 0 Å². The molecule has 3 aromatic heterocycles. The van der Waals surface area contributed by atoms with Crippen molar-refractivity contribution in [1.29, 1.82) is 0 Å². The first kappa shape index (κ1) is 13.5. The number of carboxylic acid groups (broad SMARTS) is 1. The van der Waals surface area contributed by atoms with E-state index in [9.17, 15) is 9.90 Å². The molecule has 0 saturated heterocycles. The van der Waals surface area contributed by atoms with Crippen molar-refractivity contribution in [3.05, 3.63) is 48.3 Å². The average molecular weight is 306 g/mol. The largest absolute Gasteiger partial charge is 0.477 e. The van der Waals surface area contributed by atoms with Crippen molar-refractivity contribution >= 4 is 27.8 Å². The van der Waals surface area contributed by atoms with E-state index in [1.807, 2.05) is 55.2 Å². The van der Waals surface area contributed by atoms with Gasteiger partial charge < -0.3 is 9.67 Å². The van der Waals surface area contributed by atoms with Crippen LogP contribution in [-0.2, 0) is 14.1 Å². The van der Waals surface area contributed by atoms with Crippen LogP contribution in [-0.4, -0.2) is 30.4 Å². The first-order valence-corrected chi connectivity index (χ1v) is 7.18. The van der Waals surface area contributed by atoms with Crippen LogP contribution >= 0.6 is 0 Å². The summed E-state index contributed by atoms with van der Waals surface area (Å²) in [5, 5.41) is 15.7. The molecular formula is C17H14N4O2. The van der Waals surface area contributed by atoms with Gasteiger partial charge in [-0.1, -0.05) is 18.2 Å². The molecule has 0 amide bonds. The predicted molar refractivity (Wildman–Crippen MR) is 87.4 cm³/mol. The van der Waals surface area contributed by atoms with Crippen LogP contribution in [0.25, 0.3) is 33.2 Å². The number of aromatic carboxylic acids is 1. The van der Waals surface area contributed by atoms with Crippen LogP contribution in [0.3, 0.4) is 0 Å². The van der Waals surface area contributed by atoms with Crippen LogP contribution in [0.15, 0.2) is 42.6 Å². The summed E-state index contributed by atoms with van der Waals surface area (Å²) < 4.78 is 3.71. The lowest BCUT2D eigenvalue weighted by atomic mass is 10.1. The smallest absolute Gasteiger partial charge is 0.354 e. The van der Waals surface area contributed by atoms with E-state index in [0.717, 1.165) is 21.8 Å². The molecule has 6 nitrogen and oxygen atoms in total. The normalized spacial score (nSPS) is 11.4. The Morgan fingerprint density at radius 1 is 1.13 bits per heavy atom. The molecule has 0 spiro atoms. The maximum atomic E-state index is 11.5. The first-order chi connectivity index (χ1) is 11.1. The summed E-state index contributed by atoms with van der Waals surface area (Å²) in [4.78, 5) is 15.8. The molecule has 0 unspecified atom stereocenters. The summed E-state index contributed by atoms with van der Waals surface area (Å²) in [5.41, 5.74) is 3.18. The van der Waals surface area contributed by atoms with Crippen molar-refractivity contribution in [3.8, 4) is 11.4 Å². The third-order valence-electron chi connectivity index (χ3n) is 4.06. The number of aromatic nitrogens is 4. The third kappa shape index (κ3) is 1.92. The van der Waals surface area contributed by atoms with Gasteiger partial charge in [0.05, 0.1) is 5.52 Å². The minimum atomic E-state index is -1.04. The van der Waals surface area contributed by atoms with E-state index in [4.69, 9.17) is 0 Å². The van der Waals surface area contributed by atoms with Crippen molar-refractivity contribution < 1.29 is 9.90 Å². The highest BCUT2D eigenvalue weighted by Gasteiger charge is 2.19. The molecule has 3 heterocycles. The molecule has 0 aliphatic rings. The van der Waals surface area contributed by atoms with Crippen molar-refractivity contribution in [1.82, 2.24) is 19.3 Å². The van der Waals surface area contributed by atoms with Gasteiger partial charge in [0.1, 0.15) is 17.1 Å². The second kappa shape index (κ2) is 4.67. The molecular weight excluding hydrogens is 292 g/mol. The lowest BCUT2D eigenvalue weighted by Gasteiger charge is -2.05. The molecule has 0 radical (unpaired) electrons. The molecule has 6 heteroatoms. The number of carbonyl (C=O) groups is 1. The SMILES string of the molecule is Cn1ccc(-c2nc(C(=O)O)cc3c4ccccc4n(C)c23)n1. The Bertz CT molecular complexity index is 1080. The maximum Gasteiger partial charge on any atom is 0.354 e. The second-order valence-electron chi connectivity index (χ2n) is 5.51. The Kier molecular flexibility index (Phi) is 2.74. The Balaban J connectivity index is 2.21. The first-order valence-electron chi connectivity index (χ1n) is 7.18. The number of aryl methyl sites for hydroxylation is 2. The number of hydrogen-bond acceptors (Lipinski definition) is 3. The van der Waals surface area contributed by atoms with E-state index in [1.54, 1.807) is 10.7 Å². The van der Waals surface area contributed by atoms with E-state index in [2.05, 4.69) is 10.1 Å². The molecule has 1 N–H and O–H groups in total. The molecule has 1 aromatic carbocycles. The van der Waals surface area contributed by atoms with Crippen LogP contribution in [0, 0.1) is 0 Å². The Morgan fingerprint density at radius 2 is 1.91 bits per heavy atom. The molecule has 0 bridgehead atoms. The lowest BCUT2D eigenvalue weighted by molar-refractivity contribution is 0.0691. The van der Waals surface area contributed by atoms with Gasteiger partial charge in [-0.05, 0) is 18.2 Å². The van der Waals surface area contributed by atoms with Gasteiger partial charge in [0, 0.05) is 36.6 Å². The Morgan fingerprint density at radius 3 is 2.61 bits per heavy atom. The molecule has 0 aliphatic carbocycles. The van der Waals surface area contributed by atoms with E-state index < -0.39 is 5.97 Å². The van der Waals surface area contributed by atoms with Crippen molar-refractivity contribution in [2.24, 2.45) is 14.1 Å². The number of pyridine rings is 1. The summed E-state index contributed by atoms with van der Waals surface area (Å²) in [7, 11) is 3.78. The van der Waals surface area contributed by atoms with Gasteiger partial charge in [-0.15, -0.1) is 0 Å². The summed E-state index contributed by atoms with van der Waals surface area (Å²) >= 11 is 0. The second-order valence-corrected chi connectivity index (χ2v) is 5.51. The molecule has 0 atom stereocenters. The summed E-state index contributed by atoms with van der Waals surface area (Å²) in [6, 6.07) is 11.4. The van der Waals surface area contributed by atoms with Gasteiger partial charge in [-0.2, -0.15) is 5.10 Å². The highest BCUT2D eigenvalue weighted by molar-refractivity contribution is 6.13. The number of carboxylic acids is 1. The lowest BCUT2D eigenvalue weighted by Crippen LogP contribution is -2.03. The standard InChI is InChI=1S/C17H14N4O2/c1-20-8-7-12(19-20)15-16-11(9-13(18-15)17(22)23)10-5-3-4-6-14(10)21(16)2/h3-9H,1-2H3,(H,22,23). The number of para-hydroxylation sites is 1. The van der Waals surface area contributed by atoms with Gasteiger partial charge in [-0.3, -0.25) is 4.68 Å². The van der Waals surface area contributed by atoms with Gasteiger partial charge in [-0.25, -0.2) is 9.78 Å². The van der Waals surface area contributed by atoms with Crippen molar-refractivity contribution in [2.75, 3.05) is 0 Å². The fourth-order valence-electron chi connectivity index (χ4n) is 3.03. The summed E-state index contributed by atoms with van der Waals surface area (Å²) in [6.07, 6.45) is 1.82. The van der Waals surface area contributed by atoms with Crippen LogP contribution in [0.4, 0.5) is 0 Å². The average Bonchev–Trinajstić information content (AvgIpc) is 3.10. The quantitative estimate of drug-likeness (QED) is 0.618. The zero-order valence-corrected chi connectivity index (χ0v) is 12.7. The number of fused-ring (bicyclic) bond motifs is 3. The van der Waals surface area contributed by atoms with Crippen LogP contribution in [0.1, 0.15) is 10.5 Å². The number of nitrogens with zero attached hydrogens (tertiary/aromatic N) is 4. The number of rotatable bonds is 2. The predicted octanol–water partition coefficient (Wildman–Crippen LogP) is 2.83. The Labute approximate surface area is 131 Å². The number of benzene rings is 1. The van der Waals surface area contributed by atoms with E-state index in [1.165, 1.54) is 0 Å². The molecule has 0 saturated carbocycles. The Hall–Kier alpha value is -3.15. The fourth-order valence-corrected chi connectivity index (χ4v) is 3.03. The maximum absolute atomic E-state index is 11.5. The minimum absolute atomic E-state index is 0.0227.